The molecule has 1 fully saturated rings. The number of benzene rings is 1. The van der Waals surface area contributed by atoms with Crippen LogP contribution in [0.5, 0.6) is 11.6 Å². The van der Waals surface area contributed by atoms with Crippen LogP contribution in [0.25, 0.3) is 11.4 Å². The third-order valence-corrected chi connectivity index (χ3v) is 4.43. The second-order valence-corrected chi connectivity index (χ2v) is 6.75. The van der Waals surface area contributed by atoms with Crippen molar-refractivity contribution in [2.45, 2.75) is 19.4 Å². The fourth-order valence-corrected chi connectivity index (χ4v) is 2.87. The van der Waals surface area contributed by atoms with Crippen LogP contribution < -0.4 is 21.1 Å². The van der Waals surface area contributed by atoms with Gasteiger partial charge in [0.1, 0.15) is 11.8 Å². The van der Waals surface area contributed by atoms with Crippen LogP contribution in [0, 0.1) is 6.92 Å². The first-order valence-electron chi connectivity index (χ1n) is 9.29. The minimum atomic E-state index is -0.789. The van der Waals surface area contributed by atoms with Crippen molar-refractivity contribution >= 4 is 17.8 Å². The number of ether oxygens (including phenoxy) is 1. The molecule has 10 nitrogen and oxygen atoms in total. The molecule has 10 heteroatoms. The molecule has 2 aromatic heterocycles. The average Bonchev–Trinajstić information content (AvgIpc) is 3.14. The predicted octanol–water partition coefficient (Wildman–Crippen LogP) is 1.43. The van der Waals surface area contributed by atoms with E-state index in [0.29, 0.717) is 30.2 Å². The molecule has 0 spiro atoms. The minimum Gasteiger partial charge on any atom is -0.439 e. The van der Waals surface area contributed by atoms with Gasteiger partial charge in [-0.1, -0.05) is 6.07 Å². The van der Waals surface area contributed by atoms with E-state index >= 15 is 0 Å². The minimum absolute atomic E-state index is 0.111. The Morgan fingerprint density at radius 2 is 1.97 bits per heavy atom. The van der Waals surface area contributed by atoms with Gasteiger partial charge < -0.3 is 21.1 Å². The molecule has 0 saturated carbocycles. The summed E-state index contributed by atoms with van der Waals surface area (Å²) in [4.78, 5) is 40.1. The van der Waals surface area contributed by atoms with Gasteiger partial charge in [0.2, 0.25) is 23.6 Å². The molecule has 1 aromatic carbocycles. The summed E-state index contributed by atoms with van der Waals surface area (Å²) in [5.41, 5.74) is 7.03. The van der Waals surface area contributed by atoms with Crippen LogP contribution in [-0.2, 0) is 4.79 Å². The highest BCUT2D eigenvalue weighted by molar-refractivity contribution is 5.90. The number of anilines is 1. The van der Waals surface area contributed by atoms with Crippen molar-refractivity contribution in [2.75, 3.05) is 11.9 Å². The Morgan fingerprint density at radius 1 is 1.17 bits per heavy atom. The van der Waals surface area contributed by atoms with Crippen LogP contribution >= 0.6 is 0 Å². The van der Waals surface area contributed by atoms with Gasteiger partial charge in [-0.2, -0.15) is 9.97 Å². The molecule has 0 radical (unpaired) electrons. The van der Waals surface area contributed by atoms with E-state index in [2.05, 4.69) is 30.6 Å². The molecule has 3 aromatic rings. The maximum atomic E-state index is 11.8. The summed E-state index contributed by atoms with van der Waals surface area (Å²) >= 11 is 0. The third kappa shape index (κ3) is 4.32. The Balaban J connectivity index is 1.58. The van der Waals surface area contributed by atoms with Crippen LogP contribution in [0.1, 0.15) is 22.6 Å². The second kappa shape index (κ2) is 8.11. The quantitative estimate of drug-likeness (QED) is 0.558. The van der Waals surface area contributed by atoms with Crippen molar-refractivity contribution in [3.05, 3.63) is 54.0 Å². The van der Waals surface area contributed by atoms with Crippen LogP contribution in [0.15, 0.2) is 42.6 Å². The van der Waals surface area contributed by atoms with E-state index in [0.717, 1.165) is 5.56 Å². The lowest BCUT2D eigenvalue weighted by atomic mass is 10.2. The first kappa shape index (κ1) is 19.2. The summed E-state index contributed by atoms with van der Waals surface area (Å²) in [6.07, 6.45) is 2.31. The molecule has 1 aliphatic heterocycles. The standard InChI is InChI=1S/C20H19N7O3/c1-11-2-7-15(23-10-11)30-13-5-3-12(4-6-13)17-25-18(16(21)28)27-20(26-17)24-14-8-9-22-19(14)29/h2-7,10,14H,8-9H2,1H3,(H2,21,28)(H,22,29)(H,24,25,26,27)/t14-/m0/s1. The van der Waals surface area contributed by atoms with Gasteiger partial charge in [0.05, 0.1) is 0 Å². The summed E-state index contributed by atoms with van der Waals surface area (Å²) in [5, 5.41) is 5.65. The highest BCUT2D eigenvalue weighted by Gasteiger charge is 2.25. The average molecular weight is 405 g/mol. The molecule has 0 bridgehead atoms. The summed E-state index contributed by atoms with van der Waals surface area (Å²) in [5.74, 6) is 0.294. The van der Waals surface area contributed by atoms with Gasteiger partial charge in [-0.25, -0.2) is 9.97 Å². The predicted molar refractivity (Wildman–Crippen MR) is 108 cm³/mol. The Bertz CT molecular complexity index is 1080. The van der Waals surface area contributed by atoms with Crippen molar-refractivity contribution in [3.8, 4) is 23.0 Å². The zero-order valence-electron chi connectivity index (χ0n) is 16.1. The topological polar surface area (TPSA) is 145 Å². The van der Waals surface area contributed by atoms with E-state index in [1.807, 2.05) is 13.0 Å². The lowest BCUT2D eigenvalue weighted by molar-refractivity contribution is -0.119. The fraction of sp³-hybridized carbons (Fsp3) is 0.200. The van der Waals surface area contributed by atoms with Crippen LogP contribution in [0.3, 0.4) is 0 Å². The molecular formula is C20H19N7O3. The normalized spacial score (nSPS) is 15.5. The van der Waals surface area contributed by atoms with Gasteiger partial charge in [-0.15, -0.1) is 0 Å². The summed E-state index contributed by atoms with van der Waals surface area (Å²) in [6, 6.07) is 10.2. The van der Waals surface area contributed by atoms with Crippen LogP contribution in [-0.4, -0.2) is 44.3 Å². The van der Waals surface area contributed by atoms with Gasteiger partial charge in [-0.3, -0.25) is 9.59 Å². The SMILES string of the molecule is Cc1ccc(Oc2ccc(-c3nc(N[C@H]4CCNC4=O)nc(C(N)=O)n3)cc2)nc1. The zero-order chi connectivity index (χ0) is 21.1. The molecule has 152 valence electrons. The monoisotopic (exact) mass is 405 g/mol. The zero-order valence-corrected chi connectivity index (χ0v) is 16.1. The highest BCUT2D eigenvalue weighted by atomic mass is 16.5. The van der Waals surface area contributed by atoms with Crippen LogP contribution in [0.2, 0.25) is 0 Å². The number of pyridine rings is 1. The van der Waals surface area contributed by atoms with E-state index in [1.165, 1.54) is 0 Å². The number of aromatic nitrogens is 4. The van der Waals surface area contributed by atoms with Gasteiger partial charge >= 0.3 is 0 Å². The van der Waals surface area contributed by atoms with Crippen molar-refractivity contribution in [3.63, 3.8) is 0 Å². The summed E-state index contributed by atoms with van der Waals surface area (Å²) in [7, 11) is 0. The molecule has 2 amide bonds. The van der Waals surface area contributed by atoms with Crippen molar-refractivity contribution < 1.29 is 14.3 Å². The Morgan fingerprint density at radius 3 is 2.60 bits per heavy atom. The molecule has 0 unspecified atom stereocenters. The number of nitrogens with zero attached hydrogens (tertiary/aromatic N) is 4. The van der Waals surface area contributed by atoms with Gasteiger partial charge in [-0.05, 0) is 43.2 Å². The maximum absolute atomic E-state index is 11.8. The number of primary amides is 1. The Labute approximate surface area is 171 Å². The number of rotatable bonds is 6. The number of amides is 2. The fourth-order valence-electron chi connectivity index (χ4n) is 2.87. The van der Waals surface area contributed by atoms with E-state index in [9.17, 15) is 9.59 Å². The number of carbonyl (C=O) groups excluding carboxylic acids is 2. The van der Waals surface area contributed by atoms with Gasteiger partial charge in [0.25, 0.3) is 5.91 Å². The smallest absolute Gasteiger partial charge is 0.286 e. The number of hydrogen-bond donors (Lipinski definition) is 3. The second-order valence-electron chi connectivity index (χ2n) is 6.75. The van der Waals surface area contributed by atoms with Crippen LogP contribution in [0.4, 0.5) is 5.95 Å². The molecule has 3 heterocycles. The third-order valence-electron chi connectivity index (χ3n) is 4.43. The first-order chi connectivity index (χ1) is 14.5. The number of aryl methyl sites for hydroxylation is 1. The Kier molecular flexibility index (Phi) is 5.21. The number of carbonyl (C=O) groups is 2. The van der Waals surface area contributed by atoms with E-state index < -0.39 is 11.9 Å². The Hall–Kier alpha value is -4.08. The molecule has 30 heavy (non-hydrogen) atoms. The summed E-state index contributed by atoms with van der Waals surface area (Å²) in [6.45, 7) is 2.51. The lowest BCUT2D eigenvalue weighted by Gasteiger charge is -2.11. The molecule has 1 atom stereocenters. The van der Waals surface area contributed by atoms with Gasteiger partial charge in [0, 0.05) is 24.4 Å². The van der Waals surface area contributed by atoms with E-state index in [-0.39, 0.29) is 23.5 Å². The summed E-state index contributed by atoms with van der Waals surface area (Å²) < 4.78 is 5.72. The lowest BCUT2D eigenvalue weighted by Crippen LogP contribution is -2.31. The van der Waals surface area contributed by atoms with Gasteiger partial charge in [0.15, 0.2) is 5.82 Å². The van der Waals surface area contributed by atoms with Crippen molar-refractivity contribution in [1.29, 1.82) is 0 Å². The van der Waals surface area contributed by atoms with E-state index in [4.69, 9.17) is 10.5 Å². The number of nitrogens with two attached hydrogens (primary N) is 1. The molecule has 1 aliphatic rings. The molecule has 1 saturated heterocycles. The largest absolute Gasteiger partial charge is 0.439 e. The van der Waals surface area contributed by atoms with Crippen molar-refractivity contribution in [1.82, 2.24) is 25.3 Å². The maximum Gasteiger partial charge on any atom is 0.286 e. The number of nitrogens with one attached hydrogen (secondary N) is 2. The van der Waals surface area contributed by atoms with Crippen molar-refractivity contribution in [2.24, 2.45) is 5.73 Å². The first-order valence-corrected chi connectivity index (χ1v) is 9.29. The highest BCUT2D eigenvalue weighted by Crippen LogP contribution is 2.24. The number of hydrogen-bond acceptors (Lipinski definition) is 8. The molecule has 0 aliphatic carbocycles. The molecular weight excluding hydrogens is 386 g/mol. The van der Waals surface area contributed by atoms with E-state index in [1.54, 1.807) is 36.5 Å². The molecule has 4 N–H and O–H groups in total. The molecule has 4 rings (SSSR count).